The first-order chi connectivity index (χ1) is 9.24. The highest BCUT2D eigenvalue weighted by Crippen LogP contribution is 2.23. The molecule has 3 N–H and O–H groups in total. The molecule has 1 unspecified atom stereocenters. The van der Waals surface area contributed by atoms with Crippen LogP contribution in [-0.2, 0) is 0 Å². The lowest BCUT2D eigenvalue weighted by atomic mass is 10.1. The van der Waals surface area contributed by atoms with E-state index in [2.05, 4.69) is 24.4 Å². The Morgan fingerprint density at radius 3 is 2.37 bits per heavy atom. The minimum atomic E-state index is 0.104. The second kappa shape index (κ2) is 6.25. The highest BCUT2D eigenvalue weighted by Gasteiger charge is 2.10. The number of para-hydroxylation sites is 1. The Kier molecular flexibility index (Phi) is 4.42. The zero-order valence-electron chi connectivity index (χ0n) is 11.4. The molecular formula is C16H20N2O. The molecule has 0 saturated heterocycles. The SMILES string of the molecule is COc1ccc(C(CN)Nc2ccccc2C)cc1. The van der Waals surface area contributed by atoms with Gasteiger partial charge >= 0.3 is 0 Å². The van der Waals surface area contributed by atoms with Crippen molar-refractivity contribution in [3.63, 3.8) is 0 Å². The molecule has 2 aromatic rings. The van der Waals surface area contributed by atoms with Crippen molar-refractivity contribution in [2.45, 2.75) is 13.0 Å². The molecule has 0 radical (unpaired) electrons. The van der Waals surface area contributed by atoms with E-state index in [4.69, 9.17) is 10.5 Å². The first-order valence-corrected chi connectivity index (χ1v) is 6.40. The zero-order valence-corrected chi connectivity index (χ0v) is 11.4. The van der Waals surface area contributed by atoms with Gasteiger partial charge in [0.2, 0.25) is 0 Å². The summed E-state index contributed by atoms with van der Waals surface area (Å²) in [7, 11) is 1.67. The van der Waals surface area contributed by atoms with E-state index in [1.54, 1.807) is 7.11 Å². The fraction of sp³-hybridized carbons (Fsp3) is 0.250. The number of aryl methyl sites for hydroxylation is 1. The van der Waals surface area contributed by atoms with Gasteiger partial charge in [-0.2, -0.15) is 0 Å². The van der Waals surface area contributed by atoms with Crippen LogP contribution in [0.5, 0.6) is 5.75 Å². The van der Waals surface area contributed by atoms with Crippen molar-refractivity contribution in [1.82, 2.24) is 0 Å². The van der Waals surface area contributed by atoms with Crippen LogP contribution in [0.2, 0.25) is 0 Å². The van der Waals surface area contributed by atoms with Crippen LogP contribution >= 0.6 is 0 Å². The molecule has 3 heteroatoms. The molecular weight excluding hydrogens is 236 g/mol. The fourth-order valence-electron chi connectivity index (χ4n) is 2.04. The molecule has 0 heterocycles. The second-order valence-electron chi connectivity index (χ2n) is 4.52. The third kappa shape index (κ3) is 3.26. The summed E-state index contributed by atoms with van der Waals surface area (Å²) in [6, 6.07) is 16.3. The summed E-state index contributed by atoms with van der Waals surface area (Å²) in [4.78, 5) is 0. The number of rotatable bonds is 5. The number of benzene rings is 2. The highest BCUT2D eigenvalue weighted by molar-refractivity contribution is 5.52. The van der Waals surface area contributed by atoms with Crippen molar-refractivity contribution in [3.8, 4) is 5.75 Å². The lowest BCUT2D eigenvalue weighted by Gasteiger charge is -2.20. The molecule has 19 heavy (non-hydrogen) atoms. The van der Waals surface area contributed by atoms with E-state index in [-0.39, 0.29) is 6.04 Å². The summed E-state index contributed by atoms with van der Waals surface area (Å²) in [6.07, 6.45) is 0. The third-order valence-corrected chi connectivity index (χ3v) is 3.23. The smallest absolute Gasteiger partial charge is 0.118 e. The Labute approximate surface area is 114 Å². The predicted molar refractivity (Wildman–Crippen MR) is 79.6 cm³/mol. The number of hydrogen-bond donors (Lipinski definition) is 2. The molecule has 2 aromatic carbocycles. The van der Waals surface area contributed by atoms with Crippen molar-refractivity contribution < 1.29 is 4.74 Å². The zero-order chi connectivity index (χ0) is 13.7. The lowest BCUT2D eigenvalue weighted by molar-refractivity contribution is 0.414. The van der Waals surface area contributed by atoms with E-state index < -0.39 is 0 Å². The molecule has 0 saturated carbocycles. The Bertz CT molecular complexity index is 523. The monoisotopic (exact) mass is 256 g/mol. The van der Waals surface area contributed by atoms with Crippen LogP contribution in [0.4, 0.5) is 5.69 Å². The Morgan fingerprint density at radius 1 is 1.11 bits per heavy atom. The Hall–Kier alpha value is -2.00. The number of nitrogens with two attached hydrogens (primary N) is 1. The second-order valence-corrected chi connectivity index (χ2v) is 4.52. The number of hydrogen-bond acceptors (Lipinski definition) is 3. The van der Waals surface area contributed by atoms with Gasteiger partial charge in [-0.25, -0.2) is 0 Å². The molecule has 3 nitrogen and oxygen atoms in total. The largest absolute Gasteiger partial charge is 0.497 e. The quantitative estimate of drug-likeness (QED) is 0.864. The van der Waals surface area contributed by atoms with Gasteiger partial charge in [0.1, 0.15) is 5.75 Å². The molecule has 0 amide bonds. The van der Waals surface area contributed by atoms with Gasteiger partial charge in [-0.1, -0.05) is 30.3 Å². The van der Waals surface area contributed by atoms with E-state index >= 15 is 0 Å². The highest BCUT2D eigenvalue weighted by atomic mass is 16.5. The van der Waals surface area contributed by atoms with E-state index in [0.717, 1.165) is 17.0 Å². The van der Waals surface area contributed by atoms with Gasteiger partial charge in [0, 0.05) is 12.2 Å². The first-order valence-electron chi connectivity index (χ1n) is 6.40. The lowest BCUT2D eigenvalue weighted by Crippen LogP contribution is -2.20. The molecule has 0 spiro atoms. The Morgan fingerprint density at radius 2 is 1.79 bits per heavy atom. The standard InChI is InChI=1S/C16H20N2O/c1-12-5-3-4-6-15(12)18-16(11-17)13-7-9-14(19-2)10-8-13/h3-10,16,18H,11,17H2,1-2H3. The van der Waals surface area contributed by atoms with Crippen LogP contribution < -0.4 is 15.8 Å². The number of anilines is 1. The molecule has 0 bridgehead atoms. The first kappa shape index (κ1) is 13.4. The van der Waals surface area contributed by atoms with Gasteiger partial charge in [-0.3, -0.25) is 0 Å². The average Bonchev–Trinajstić information content (AvgIpc) is 2.47. The maximum absolute atomic E-state index is 5.88. The maximum atomic E-state index is 5.88. The van der Waals surface area contributed by atoms with Crippen LogP contribution in [0.1, 0.15) is 17.2 Å². The van der Waals surface area contributed by atoms with Gasteiger partial charge in [0.05, 0.1) is 13.2 Å². The van der Waals surface area contributed by atoms with Gasteiger partial charge in [-0.05, 0) is 36.2 Å². The molecule has 0 aliphatic rings. The molecule has 2 rings (SSSR count). The summed E-state index contributed by atoms with van der Waals surface area (Å²) in [6.45, 7) is 2.63. The van der Waals surface area contributed by atoms with Gasteiger partial charge < -0.3 is 15.8 Å². The van der Waals surface area contributed by atoms with Crippen molar-refractivity contribution in [1.29, 1.82) is 0 Å². The number of ether oxygens (including phenoxy) is 1. The van der Waals surface area contributed by atoms with Crippen molar-refractivity contribution >= 4 is 5.69 Å². The summed E-state index contributed by atoms with van der Waals surface area (Å²) >= 11 is 0. The predicted octanol–water partition coefficient (Wildman–Crippen LogP) is 3.12. The summed E-state index contributed by atoms with van der Waals surface area (Å²) < 4.78 is 5.17. The summed E-state index contributed by atoms with van der Waals surface area (Å²) in [5.74, 6) is 0.857. The fourth-order valence-corrected chi connectivity index (χ4v) is 2.04. The number of methoxy groups -OCH3 is 1. The third-order valence-electron chi connectivity index (χ3n) is 3.23. The number of nitrogens with one attached hydrogen (secondary N) is 1. The van der Waals surface area contributed by atoms with E-state index in [0.29, 0.717) is 6.54 Å². The molecule has 100 valence electrons. The van der Waals surface area contributed by atoms with Crippen LogP contribution in [0.25, 0.3) is 0 Å². The van der Waals surface area contributed by atoms with E-state index in [1.807, 2.05) is 36.4 Å². The van der Waals surface area contributed by atoms with Crippen molar-refractivity contribution in [2.24, 2.45) is 5.73 Å². The molecule has 0 aromatic heterocycles. The molecule has 0 aliphatic carbocycles. The minimum Gasteiger partial charge on any atom is -0.497 e. The van der Waals surface area contributed by atoms with Crippen LogP contribution in [0.3, 0.4) is 0 Å². The maximum Gasteiger partial charge on any atom is 0.118 e. The summed E-state index contributed by atoms with van der Waals surface area (Å²) in [5.41, 5.74) is 9.37. The Balaban J connectivity index is 2.17. The minimum absolute atomic E-state index is 0.104. The molecule has 0 fully saturated rings. The van der Waals surface area contributed by atoms with Crippen LogP contribution in [0, 0.1) is 6.92 Å². The molecule has 1 atom stereocenters. The van der Waals surface area contributed by atoms with Crippen molar-refractivity contribution in [3.05, 3.63) is 59.7 Å². The van der Waals surface area contributed by atoms with Crippen molar-refractivity contribution in [2.75, 3.05) is 19.0 Å². The van der Waals surface area contributed by atoms with E-state index in [1.165, 1.54) is 5.56 Å². The normalized spacial score (nSPS) is 11.9. The van der Waals surface area contributed by atoms with Crippen LogP contribution in [-0.4, -0.2) is 13.7 Å². The van der Waals surface area contributed by atoms with Crippen LogP contribution in [0.15, 0.2) is 48.5 Å². The molecule has 0 aliphatic heterocycles. The summed E-state index contributed by atoms with van der Waals surface area (Å²) in [5, 5.41) is 3.48. The van der Waals surface area contributed by atoms with E-state index in [9.17, 15) is 0 Å². The van der Waals surface area contributed by atoms with Gasteiger partial charge in [-0.15, -0.1) is 0 Å². The topological polar surface area (TPSA) is 47.3 Å². The average molecular weight is 256 g/mol. The van der Waals surface area contributed by atoms with Gasteiger partial charge in [0.15, 0.2) is 0 Å². The van der Waals surface area contributed by atoms with Gasteiger partial charge in [0.25, 0.3) is 0 Å².